The number of nitrogens with one attached hydrogen (secondary N) is 3. The molecule has 2 aromatic carbocycles. The summed E-state index contributed by atoms with van der Waals surface area (Å²) < 4.78 is 36.8. The van der Waals surface area contributed by atoms with E-state index in [1.54, 1.807) is 38.1 Å². The zero-order valence-electron chi connectivity index (χ0n) is 16.8. The molecule has 3 aromatic rings. The third kappa shape index (κ3) is 5.50. The van der Waals surface area contributed by atoms with Crippen LogP contribution in [-0.2, 0) is 9.59 Å². The predicted molar refractivity (Wildman–Crippen MR) is 112 cm³/mol. The van der Waals surface area contributed by atoms with Gasteiger partial charge in [-0.25, -0.2) is 4.98 Å². The van der Waals surface area contributed by atoms with E-state index in [2.05, 4.69) is 20.6 Å². The fourth-order valence-corrected chi connectivity index (χ4v) is 2.91. The summed E-state index contributed by atoms with van der Waals surface area (Å²) in [6, 6.07) is 13.8. The Morgan fingerprint density at radius 1 is 1.06 bits per heavy atom. The molecule has 1 atom stereocenters. The van der Waals surface area contributed by atoms with Crippen molar-refractivity contribution in [1.29, 1.82) is 0 Å². The van der Waals surface area contributed by atoms with E-state index in [1.807, 2.05) is 24.3 Å². The minimum absolute atomic E-state index is 0.236. The number of carbonyl (C=O) groups is 2. The number of fused-ring (bicyclic) bond motifs is 1. The number of carbonyl (C=O) groups excluding carboxylic acids is 2. The van der Waals surface area contributed by atoms with Gasteiger partial charge in [-0.05, 0) is 42.3 Å². The number of hydrogen-bond acceptors (Lipinski definition) is 4. The van der Waals surface area contributed by atoms with Gasteiger partial charge in [-0.3, -0.25) is 9.59 Å². The van der Waals surface area contributed by atoms with Crippen LogP contribution < -0.4 is 10.6 Å². The van der Waals surface area contributed by atoms with E-state index in [0.717, 1.165) is 22.8 Å². The highest BCUT2D eigenvalue weighted by Gasteiger charge is 2.36. The molecular formula is C22H21F3N4O2. The van der Waals surface area contributed by atoms with Crippen molar-refractivity contribution < 1.29 is 22.8 Å². The summed E-state index contributed by atoms with van der Waals surface area (Å²) in [6.07, 6.45) is -3.73. The van der Waals surface area contributed by atoms with Crippen molar-refractivity contribution in [3.05, 3.63) is 60.8 Å². The van der Waals surface area contributed by atoms with Crippen molar-refractivity contribution in [1.82, 2.24) is 15.3 Å². The lowest BCUT2D eigenvalue weighted by Gasteiger charge is -2.20. The summed E-state index contributed by atoms with van der Waals surface area (Å²) in [5, 5.41) is 5.29. The Hall–Kier alpha value is -3.62. The second-order valence-electron chi connectivity index (χ2n) is 7.25. The number of alkyl halides is 3. The minimum Gasteiger partial charge on any atom is -0.379 e. The number of H-pyrrole nitrogens is 1. The Labute approximate surface area is 176 Å². The number of para-hydroxylation sites is 2. The Kier molecular flexibility index (Phi) is 6.43. The van der Waals surface area contributed by atoms with Crippen molar-refractivity contribution >= 4 is 28.4 Å². The van der Waals surface area contributed by atoms with Crippen LogP contribution in [0, 0.1) is 5.92 Å². The molecule has 3 N–H and O–H groups in total. The normalized spacial score (nSPS) is 13.0. The zero-order chi connectivity index (χ0) is 22.6. The van der Waals surface area contributed by atoms with Crippen molar-refractivity contribution in [2.45, 2.75) is 26.1 Å². The summed E-state index contributed by atoms with van der Waals surface area (Å²) in [7, 11) is 0. The van der Waals surface area contributed by atoms with Gasteiger partial charge in [0.1, 0.15) is 11.9 Å². The van der Waals surface area contributed by atoms with Crippen LogP contribution >= 0.6 is 0 Å². The van der Waals surface area contributed by atoms with Gasteiger partial charge in [-0.2, -0.15) is 13.2 Å². The molecule has 0 saturated carbocycles. The number of benzene rings is 2. The van der Waals surface area contributed by atoms with Gasteiger partial charge in [-0.1, -0.05) is 26.0 Å². The molecule has 31 heavy (non-hydrogen) atoms. The van der Waals surface area contributed by atoms with Gasteiger partial charge >= 0.3 is 6.18 Å². The molecule has 0 saturated heterocycles. The third-order valence-corrected chi connectivity index (χ3v) is 4.55. The van der Waals surface area contributed by atoms with Crippen LogP contribution in [0.2, 0.25) is 0 Å². The van der Waals surface area contributed by atoms with Crippen LogP contribution in [-0.4, -0.2) is 33.9 Å². The van der Waals surface area contributed by atoms with Gasteiger partial charge in [0.2, 0.25) is 5.91 Å². The van der Waals surface area contributed by atoms with Gasteiger partial charge in [0.05, 0.1) is 11.0 Å². The summed E-state index contributed by atoms with van der Waals surface area (Å²) in [5.74, 6) is -1.97. The lowest BCUT2D eigenvalue weighted by molar-refractivity contribution is -0.165. The van der Waals surface area contributed by atoms with Crippen LogP contribution in [0.3, 0.4) is 0 Å². The molecule has 0 aliphatic carbocycles. The first-order valence-corrected chi connectivity index (χ1v) is 9.55. The second kappa shape index (κ2) is 9.03. The second-order valence-corrected chi connectivity index (χ2v) is 7.25. The molecule has 1 amide bonds. The number of ketones is 1. The average molecular weight is 430 g/mol. The Morgan fingerprint density at radius 3 is 2.35 bits per heavy atom. The third-order valence-electron chi connectivity index (χ3n) is 4.55. The molecule has 9 heteroatoms. The van der Waals surface area contributed by atoms with E-state index >= 15 is 0 Å². The molecule has 0 spiro atoms. The van der Waals surface area contributed by atoms with Gasteiger partial charge in [-0.15, -0.1) is 0 Å². The largest absolute Gasteiger partial charge is 0.454 e. The molecule has 0 aliphatic rings. The highest BCUT2D eigenvalue weighted by atomic mass is 19.4. The van der Waals surface area contributed by atoms with Crippen molar-refractivity contribution in [2.75, 3.05) is 5.32 Å². The first kappa shape index (κ1) is 22.1. The van der Waals surface area contributed by atoms with E-state index in [-0.39, 0.29) is 5.92 Å². The number of imidazole rings is 1. The molecule has 0 radical (unpaired) electrons. The lowest BCUT2D eigenvalue weighted by Crippen LogP contribution is -2.42. The average Bonchev–Trinajstić information content (AvgIpc) is 3.14. The summed E-state index contributed by atoms with van der Waals surface area (Å²) >= 11 is 0. The van der Waals surface area contributed by atoms with Crippen LogP contribution in [0.4, 0.5) is 18.9 Å². The number of anilines is 1. The lowest BCUT2D eigenvalue weighted by atomic mass is 10.0. The number of hydrogen-bond donors (Lipinski definition) is 3. The highest BCUT2D eigenvalue weighted by molar-refractivity contribution is 5.96. The number of allylic oxidation sites excluding steroid dienone is 1. The summed E-state index contributed by atoms with van der Waals surface area (Å²) in [4.78, 5) is 31.2. The highest BCUT2D eigenvalue weighted by Crippen LogP contribution is 2.22. The number of aromatic nitrogens is 2. The van der Waals surface area contributed by atoms with E-state index in [0.29, 0.717) is 17.6 Å². The van der Waals surface area contributed by atoms with E-state index < -0.39 is 23.9 Å². The Bertz CT molecular complexity index is 1070. The molecule has 1 aromatic heterocycles. The van der Waals surface area contributed by atoms with E-state index in [9.17, 15) is 22.8 Å². The number of aromatic amines is 1. The predicted octanol–water partition coefficient (Wildman–Crippen LogP) is 4.43. The van der Waals surface area contributed by atoms with E-state index in [4.69, 9.17) is 0 Å². The van der Waals surface area contributed by atoms with E-state index in [1.165, 1.54) is 0 Å². The molecule has 6 nitrogen and oxygen atoms in total. The first-order valence-electron chi connectivity index (χ1n) is 9.55. The zero-order valence-corrected chi connectivity index (χ0v) is 16.8. The minimum atomic E-state index is -4.95. The number of amides is 1. The molecule has 0 fully saturated rings. The number of nitrogens with zero attached hydrogens (tertiary/aromatic N) is 1. The molecule has 162 valence electrons. The van der Waals surface area contributed by atoms with Gasteiger partial charge in [0.15, 0.2) is 0 Å². The Morgan fingerprint density at radius 2 is 1.74 bits per heavy atom. The number of halogens is 3. The standard InChI is InChI=1S/C22H21F3N4O2/c1-13(2)19(26-12-11-18(30)22(23,24)25)21(31)27-15-9-7-14(8-10-15)20-28-16-5-3-4-6-17(16)29-20/h3-13,19,26H,1-2H3,(H,27,31)(H,28,29)/b12-11+. The fraction of sp³-hybridized carbons (Fsp3) is 0.227. The Balaban J connectivity index is 1.66. The maximum absolute atomic E-state index is 12.6. The smallest absolute Gasteiger partial charge is 0.379 e. The van der Waals surface area contributed by atoms with Crippen molar-refractivity contribution in [3.8, 4) is 11.4 Å². The fourth-order valence-electron chi connectivity index (χ4n) is 2.91. The monoisotopic (exact) mass is 430 g/mol. The van der Waals surface area contributed by atoms with Crippen LogP contribution in [0.25, 0.3) is 22.4 Å². The van der Waals surface area contributed by atoms with Crippen molar-refractivity contribution in [2.24, 2.45) is 5.92 Å². The summed E-state index contributed by atoms with van der Waals surface area (Å²) in [5.41, 5.74) is 3.12. The quantitative estimate of drug-likeness (QED) is 0.484. The summed E-state index contributed by atoms with van der Waals surface area (Å²) in [6.45, 7) is 3.47. The van der Waals surface area contributed by atoms with Crippen LogP contribution in [0.1, 0.15) is 13.8 Å². The van der Waals surface area contributed by atoms with Gasteiger partial charge < -0.3 is 15.6 Å². The van der Waals surface area contributed by atoms with Gasteiger partial charge in [0, 0.05) is 23.5 Å². The van der Waals surface area contributed by atoms with Crippen LogP contribution in [0.15, 0.2) is 60.8 Å². The molecule has 1 unspecified atom stereocenters. The molecule has 0 aliphatic heterocycles. The molecule has 1 heterocycles. The maximum atomic E-state index is 12.6. The van der Waals surface area contributed by atoms with Gasteiger partial charge in [0.25, 0.3) is 5.78 Å². The number of rotatable bonds is 7. The molecule has 3 rings (SSSR count). The topological polar surface area (TPSA) is 86.9 Å². The molecule has 0 bridgehead atoms. The first-order chi connectivity index (χ1) is 14.6. The van der Waals surface area contributed by atoms with Crippen LogP contribution in [0.5, 0.6) is 0 Å². The van der Waals surface area contributed by atoms with Crippen molar-refractivity contribution in [3.63, 3.8) is 0 Å². The SMILES string of the molecule is CC(C)C(N/C=C/C(=O)C(F)(F)F)C(=O)Nc1ccc(-c2nc3ccccc3[nH]2)cc1. The maximum Gasteiger partial charge on any atom is 0.454 e. The molecular weight excluding hydrogens is 409 g/mol.